The minimum atomic E-state index is -0.126. The summed E-state index contributed by atoms with van der Waals surface area (Å²) in [6.07, 6.45) is 2.05. The molecular formula is C11H22ClNO2. The number of hydrogen-bond acceptors (Lipinski definition) is 3. The van der Waals surface area contributed by atoms with Gasteiger partial charge in [-0.2, -0.15) is 0 Å². The first-order valence-electron chi connectivity index (χ1n) is 5.26. The number of ether oxygens (including phenoxy) is 1. The van der Waals surface area contributed by atoms with Crippen LogP contribution in [-0.2, 0) is 9.53 Å². The van der Waals surface area contributed by atoms with Crippen molar-refractivity contribution in [1.82, 2.24) is 5.32 Å². The van der Waals surface area contributed by atoms with Crippen molar-refractivity contribution in [3.8, 4) is 0 Å². The zero-order chi connectivity index (χ0) is 10.8. The molecule has 0 bridgehead atoms. The molecule has 0 radical (unpaired) electrons. The lowest BCUT2D eigenvalue weighted by atomic mass is 9.74. The van der Waals surface area contributed by atoms with Crippen molar-refractivity contribution in [2.75, 3.05) is 13.7 Å². The predicted octanol–water partition coefficient (Wildman–Crippen LogP) is 2.00. The van der Waals surface area contributed by atoms with Gasteiger partial charge in [-0.15, -0.1) is 12.4 Å². The first-order valence-corrected chi connectivity index (χ1v) is 5.26. The lowest BCUT2D eigenvalue weighted by Gasteiger charge is -2.37. The Morgan fingerprint density at radius 1 is 1.40 bits per heavy atom. The summed E-state index contributed by atoms with van der Waals surface area (Å²) in [5, 5.41) is 3.20. The fraction of sp³-hybridized carbons (Fsp3) is 0.909. The van der Waals surface area contributed by atoms with Gasteiger partial charge in [0.05, 0.1) is 7.11 Å². The van der Waals surface area contributed by atoms with Crippen LogP contribution in [0.4, 0.5) is 0 Å². The molecule has 90 valence electrons. The predicted molar refractivity (Wildman–Crippen MR) is 63.2 cm³/mol. The molecule has 0 aromatic rings. The minimum absolute atomic E-state index is 0. The summed E-state index contributed by atoms with van der Waals surface area (Å²) in [5.74, 6) is 0.479. The van der Waals surface area contributed by atoms with E-state index >= 15 is 0 Å². The average molecular weight is 236 g/mol. The Hall–Kier alpha value is -0.280. The molecule has 3 nitrogen and oxygen atoms in total. The van der Waals surface area contributed by atoms with Gasteiger partial charge in [0.2, 0.25) is 0 Å². The van der Waals surface area contributed by atoms with Crippen LogP contribution in [0, 0.1) is 11.3 Å². The van der Waals surface area contributed by atoms with Crippen LogP contribution in [0.15, 0.2) is 0 Å². The second-order valence-electron chi connectivity index (χ2n) is 5.12. The summed E-state index contributed by atoms with van der Waals surface area (Å²) >= 11 is 0. The molecule has 1 aliphatic heterocycles. The van der Waals surface area contributed by atoms with Gasteiger partial charge in [0.25, 0.3) is 0 Å². The van der Waals surface area contributed by atoms with Gasteiger partial charge < -0.3 is 10.1 Å². The zero-order valence-corrected chi connectivity index (χ0v) is 10.8. The van der Waals surface area contributed by atoms with Gasteiger partial charge in [-0.1, -0.05) is 20.8 Å². The van der Waals surface area contributed by atoms with Gasteiger partial charge in [0.1, 0.15) is 6.04 Å². The molecule has 1 saturated heterocycles. The van der Waals surface area contributed by atoms with Crippen molar-refractivity contribution in [1.29, 1.82) is 0 Å². The van der Waals surface area contributed by atoms with Crippen LogP contribution in [0.1, 0.15) is 33.6 Å². The van der Waals surface area contributed by atoms with Crippen molar-refractivity contribution < 1.29 is 9.53 Å². The summed E-state index contributed by atoms with van der Waals surface area (Å²) < 4.78 is 4.75. The Balaban J connectivity index is 0.00000196. The Morgan fingerprint density at radius 3 is 2.47 bits per heavy atom. The normalized spacial score (nSPS) is 26.7. The van der Waals surface area contributed by atoms with Gasteiger partial charge in [-0.3, -0.25) is 4.79 Å². The first kappa shape index (κ1) is 14.7. The van der Waals surface area contributed by atoms with E-state index in [2.05, 4.69) is 26.1 Å². The topological polar surface area (TPSA) is 38.3 Å². The maximum Gasteiger partial charge on any atom is 0.322 e. The molecule has 0 amide bonds. The smallest absolute Gasteiger partial charge is 0.322 e. The summed E-state index contributed by atoms with van der Waals surface area (Å²) in [5.41, 5.74) is 0.286. The fourth-order valence-corrected chi connectivity index (χ4v) is 2.03. The van der Waals surface area contributed by atoms with Crippen molar-refractivity contribution in [3.63, 3.8) is 0 Å². The van der Waals surface area contributed by atoms with Crippen molar-refractivity contribution in [3.05, 3.63) is 0 Å². The largest absolute Gasteiger partial charge is 0.468 e. The van der Waals surface area contributed by atoms with Crippen LogP contribution in [0.25, 0.3) is 0 Å². The molecule has 2 atom stereocenters. The Kier molecular flexibility index (Phi) is 5.60. The van der Waals surface area contributed by atoms with E-state index in [0.717, 1.165) is 19.4 Å². The number of rotatable bonds is 1. The lowest BCUT2D eigenvalue weighted by Crippen LogP contribution is -2.46. The van der Waals surface area contributed by atoms with Crippen LogP contribution in [0.3, 0.4) is 0 Å². The van der Waals surface area contributed by atoms with Crippen LogP contribution in [0.2, 0.25) is 0 Å². The molecule has 1 heterocycles. The van der Waals surface area contributed by atoms with E-state index < -0.39 is 0 Å². The maximum absolute atomic E-state index is 11.4. The summed E-state index contributed by atoms with van der Waals surface area (Å²) in [6.45, 7) is 7.62. The number of hydrogen-bond donors (Lipinski definition) is 1. The molecule has 4 heteroatoms. The number of methoxy groups -OCH3 is 1. The van der Waals surface area contributed by atoms with Crippen molar-refractivity contribution in [2.45, 2.75) is 39.7 Å². The quantitative estimate of drug-likeness (QED) is 0.707. The molecule has 1 rings (SSSR count). The number of esters is 1. The highest BCUT2D eigenvalue weighted by atomic mass is 35.5. The van der Waals surface area contributed by atoms with Gasteiger partial charge >= 0.3 is 5.97 Å². The lowest BCUT2D eigenvalue weighted by molar-refractivity contribution is -0.144. The van der Waals surface area contributed by atoms with Crippen molar-refractivity contribution >= 4 is 18.4 Å². The van der Waals surface area contributed by atoms with E-state index in [0.29, 0.717) is 5.92 Å². The van der Waals surface area contributed by atoms with E-state index in [9.17, 15) is 4.79 Å². The van der Waals surface area contributed by atoms with E-state index in [-0.39, 0.29) is 29.8 Å². The number of carbonyl (C=O) groups excluding carboxylic acids is 1. The van der Waals surface area contributed by atoms with E-state index in [1.54, 1.807) is 0 Å². The number of nitrogens with one attached hydrogen (secondary N) is 1. The molecule has 1 fully saturated rings. The van der Waals surface area contributed by atoms with Crippen LogP contribution in [0.5, 0.6) is 0 Å². The van der Waals surface area contributed by atoms with Gasteiger partial charge in [0.15, 0.2) is 0 Å². The highest BCUT2D eigenvalue weighted by Crippen LogP contribution is 2.34. The Morgan fingerprint density at radius 2 is 2.00 bits per heavy atom. The summed E-state index contributed by atoms with van der Waals surface area (Å²) in [7, 11) is 1.45. The Labute approximate surface area is 98.4 Å². The van der Waals surface area contributed by atoms with Gasteiger partial charge in [-0.05, 0) is 30.7 Å². The second kappa shape index (κ2) is 5.71. The SMILES string of the molecule is COC(=O)[C@H]1C[C@@H](C(C)(C)C)CCN1.Cl. The van der Waals surface area contributed by atoms with Crippen LogP contribution in [-0.4, -0.2) is 25.7 Å². The molecule has 0 saturated carbocycles. The summed E-state index contributed by atoms with van der Waals surface area (Å²) in [4.78, 5) is 11.4. The highest BCUT2D eigenvalue weighted by Gasteiger charge is 2.33. The monoisotopic (exact) mass is 235 g/mol. The van der Waals surface area contributed by atoms with Gasteiger partial charge in [0, 0.05) is 0 Å². The second-order valence-corrected chi connectivity index (χ2v) is 5.12. The van der Waals surface area contributed by atoms with Crippen LogP contribution < -0.4 is 5.32 Å². The number of piperidine rings is 1. The van der Waals surface area contributed by atoms with Crippen molar-refractivity contribution in [2.24, 2.45) is 11.3 Å². The molecule has 0 unspecified atom stereocenters. The zero-order valence-electron chi connectivity index (χ0n) is 10.0. The van der Waals surface area contributed by atoms with E-state index in [1.165, 1.54) is 7.11 Å². The molecule has 15 heavy (non-hydrogen) atoms. The number of carbonyl (C=O) groups is 1. The molecule has 0 spiro atoms. The van der Waals surface area contributed by atoms with E-state index in [1.807, 2.05) is 0 Å². The molecular weight excluding hydrogens is 214 g/mol. The van der Waals surface area contributed by atoms with Gasteiger partial charge in [-0.25, -0.2) is 0 Å². The maximum atomic E-state index is 11.4. The standard InChI is InChI=1S/C11H21NO2.ClH/c1-11(2,3)8-5-6-12-9(7-8)10(13)14-4;/h8-9,12H,5-7H2,1-4H3;1H/t8-,9+;/m0./s1. The fourth-order valence-electron chi connectivity index (χ4n) is 2.03. The third kappa shape index (κ3) is 3.99. The minimum Gasteiger partial charge on any atom is -0.468 e. The first-order chi connectivity index (χ1) is 6.45. The Bertz CT molecular complexity index is 213. The van der Waals surface area contributed by atoms with E-state index in [4.69, 9.17) is 4.74 Å². The third-order valence-electron chi connectivity index (χ3n) is 3.11. The molecule has 1 N–H and O–H groups in total. The number of halogens is 1. The third-order valence-corrected chi connectivity index (χ3v) is 3.11. The molecule has 0 aromatic carbocycles. The molecule has 0 aromatic heterocycles. The summed E-state index contributed by atoms with van der Waals surface area (Å²) in [6, 6.07) is -0.0991. The highest BCUT2D eigenvalue weighted by molar-refractivity contribution is 5.85. The average Bonchev–Trinajstić information content (AvgIpc) is 2.15. The van der Waals surface area contributed by atoms with Crippen LogP contribution >= 0.6 is 12.4 Å². The molecule has 0 aliphatic carbocycles. The molecule has 1 aliphatic rings.